The van der Waals surface area contributed by atoms with E-state index in [9.17, 15) is 4.91 Å². The molecule has 0 saturated carbocycles. The maximum Gasteiger partial charge on any atom is 0.474 e. The second-order valence-electron chi connectivity index (χ2n) is 4.63. The maximum absolute atomic E-state index is 11.3. The van der Waals surface area contributed by atoms with Gasteiger partial charge >= 0.3 is 16.6 Å². The Morgan fingerprint density at radius 2 is 1.36 bits per heavy atom. The van der Waals surface area contributed by atoms with Crippen molar-refractivity contribution >= 4 is 16.6 Å². The Morgan fingerprint density at radius 3 is 1.45 bits per heavy atom. The molecule has 0 saturated heterocycles. The molecule has 0 aromatic carbocycles. The molecule has 0 radical (unpaired) electrons. The predicted molar refractivity (Wildman–Crippen MR) is 51.4 cm³/mol. The van der Waals surface area contributed by atoms with E-state index in [-0.39, 0.29) is 0 Å². The third-order valence-corrected chi connectivity index (χ3v) is 2.99. The summed E-state index contributed by atoms with van der Waals surface area (Å²) in [7, 11) is -3.46. The zero-order chi connectivity index (χ0) is 9.28. The minimum Gasteiger partial charge on any atom is -0.326 e. The Kier molecular flexibility index (Phi) is 3.01. The highest BCUT2D eigenvalue weighted by Crippen LogP contribution is 2.09. The van der Waals surface area contributed by atoms with Gasteiger partial charge in [-0.3, -0.25) is 0 Å². The highest BCUT2D eigenvalue weighted by molar-refractivity contribution is 6.71. The Balaban J connectivity index is 4.11. The lowest BCUT2D eigenvalue weighted by Gasteiger charge is -2.13. The van der Waals surface area contributed by atoms with Gasteiger partial charge in [-0.05, 0) is 39.3 Å². The molecule has 0 aliphatic heterocycles. The molecule has 0 N–H and O–H groups in total. The predicted octanol–water partition coefficient (Wildman–Crippen LogP) is 2.37. The minimum absolute atomic E-state index is 0.846. The van der Waals surface area contributed by atoms with E-state index < -0.39 is 16.6 Å². The Bertz CT molecular complexity index is 157. The fraction of sp³-hybridized carbons (Fsp3) is 1.00. The number of nitrogens with zero attached hydrogens (tertiary/aromatic N) is 1. The van der Waals surface area contributed by atoms with Gasteiger partial charge in [0.05, 0.1) is 0 Å². The van der Waals surface area contributed by atoms with Gasteiger partial charge in [-0.1, -0.05) is 0 Å². The molecule has 0 heterocycles. The third kappa shape index (κ3) is 5.14. The Hall–Kier alpha value is -0.166. The van der Waals surface area contributed by atoms with E-state index >= 15 is 0 Å². The molecular formula is C6H18NO2Si2+. The van der Waals surface area contributed by atoms with Crippen LogP contribution < -0.4 is 0 Å². The zero-order valence-corrected chi connectivity index (χ0v) is 10.3. The molecule has 0 aromatic rings. The van der Waals surface area contributed by atoms with Gasteiger partial charge in [-0.2, -0.15) is 0 Å². The summed E-state index contributed by atoms with van der Waals surface area (Å²) in [6, 6.07) is 0. The van der Waals surface area contributed by atoms with Crippen molar-refractivity contribution in [1.82, 2.24) is 0 Å². The minimum atomic E-state index is -1.78. The van der Waals surface area contributed by atoms with Crippen molar-refractivity contribution < 1.29 is 9.12 Å². The van der Waals surface area contributed by atoms with Crippen molar-refractivity contribution in [3.63, 3.8) is 0 Å². The van der Waals surface area contributed by atoms with Gasteiger partial charge in [-0.15, -0.1) is 0 Å². The summed E-state index contributed by atoms with van der Waals surface area (Å²) in [6.45, 7) is 12.0. The van der Waals surface area contributed by atoms with E-state index in [0.29, 0.717) is 0 Å². The molecule has 3 nitrogen and oxygen atoms in total. The number of hydrogen-bond donors (Lipinski definition) is 0. The van der Waals surface area contributed by atoms with E-state index in [1.165, 1.54) is 0 Å². The summed E-state index contributed by atoms with van der Waals surface area (Å²) in [5.41, 5.74) is 0. The fourth-order valence-electron chi connectivity index (χ4n) is 0.386. The normalized spacial score (nSPS) is 12.9. The van der Waals surface area contributed by atoms with Crippen LogP contribution in [-0.4, -0.2) is 21.1 Å². The number of rotatable bonds is 3. The first-order valence-corrected chi connectivity index (χ1v) is 10.6. The van der Waals surface area contributed by atoms with Gasteiger partial charge in [0.15, 0.2) is 0 Å². The topological polar surface area (TPSA) is 29.3 Å². The van der Waals surface area contributed by atoms with Crippen LogP contribution in [0.3, 0.4) is 0 Å². The molecule has 0 unspecified atom stereocenters. The van der Waals surface area contributed by atoms with Crippen LogP contribution in [0.2, 0.25) is 39.3 Å². The molecule has 0 aromatic heterocycles. The van der Waals surface area contributed by atoms with E-state index in [0.717, 1.165) is 4.59 Å². The lowest BCUT2D eigenvalue weighted by Crippen LogP contribution is -2.43. The molecule has 0 amide bonds. The molecular weight excluding hydrogens is 174 g/mol. The standard InChI is InChI=1S/C6H18NO2Si2/c1-10(2,3)7(8)9-11(4,5)6/h1-6H3/q+1. The fourth-order valence-corrected chi connectivity index (χ4v) is 2.80. The summed E-state index contributed by atoms with van der Waals surface area (Å²) in [5.74, 6) is 0. The second-order valence-corrected chi connectivity index (χ2v) is 13.7. The van der Waals surface area contributed by atoms with E-state index in [2.05, 4.69) is 0 Å². The highest BCUT2D eigenvalue weighted by atomic mass is 28.4. The van der Waals surface area contributed by atoms with Crippen molar-refractivity contribution in [2.75, 3.05) is 0 Å². The zero-order valence-electron chi connectivity index (χ0n) is 8.26. The van der Waals surface area contributed by atoms with Crippen LogP contribution >= 0.6 is 0 Å². The molecule has 11 heavy (non-hydrogen) atoms. The quantitative estimate of drug-likeness (QED) is 0.507. The summed E-state index contributed by atoms with van der Waals surface area (Å²) in [5, 5.41) is 0. The molecule has 66 valence electrons. The average molecular weight is 192 g/mol. The van der Waals surface area contributed by atoms with E-state index in [4.69, 9.17) is 4.53 Å². The summed E-state index contributed by atoms with van der Waals surface area (Å²) >= 11 is 0. The molecule has 0 rings (SSSR count). The monoisotopic (exact) mass is 192 g/mol. The summed E-state index contributed by atoms with van der Waals surface area (Å²) < 4.78 is 6.13. The van der Waals surface area contributed by atoms with Crippen LogP contribution in [0.4, 0.5) is 0 Å². The lowest BCUT2D eigenvalue weighted by atomic mass is 11.8. The van der Waals surface area contributed by atoms with Crippen molar-refractivity contribution in [3.8, 4) is 0 Å². The van der Waals surface area contributed by atoms with Crippen molar-refractivity contribution in [1.29, 1.82) is 0 Å². The van der Waals surface area contributed by atoms with Crippen LogP contribution in [0.5, 0.6) is 0 Å². The van der Waals surface area contributed by atoms with Crippen molar-refractivity contribution in [2.45, 2.75) is 39.3 Å². The average Bonchev–Trinajstić information content (AvgIpc) is 1.56. The van der Waals surface area contributed by atoms with Gasteiger partial charge in [0, 0.05) is 4.91 Å². The first kappa shape index (κ1) is 10.8. The van der Waals surface area contributed by atoms with Gasteiger partial charge in [-0.25, -0.2) is 0 Å². The Labute approximate surface area is 70.5 Å². The van der Waals surface area contributed by atoms with Gasteiger partial charge in [0.2, 0.25) is 0 Å². The van der Waals surface area contributed by atoms with Crippen LogP contribution in [0.15, 0.2) is 0 Å². The second kappa shape index (κ2) is 3.06. The third-order valence-electron chi connectivity index (χ3n) is 0.904. The molecule has 0 aliphatic rings. The van der Waals surface area contributed by atoms with Crippen LogP contribution in [0, 0.1) is 4.91 Å². The van der Waals surface area contributed by atoms with Crippen molar-refractivity contribution in [3.05, 3.63) is 4.91 Å². The van der Waals surface area contributed by atoms with Gasteiger partial charge in [0.1, 0.15) is 4.59 Å². The molecule has 0 fully saturated rings. The van der Waals surface area contributed by atoms with Gasteiger partial charge < -0.3 is 4.53 Å². The van der Waals surface area contributed by atoms with Crippen LogP contribution in [0.1, 0.15) is 0 Å². The molecule has 5 heteroatoms. The number of hydrogen-bond acceptors (Lipinski definition) is 2. The lowest BCUT2D eigenvalue weighted by molar-refractivity contribution is -0.676. The van der Waals surface area contributed by atoms with E-state index in [1.807, 2.05) is 39.3 Å². The smallest absolute Gasteiger partial charge is 0.326 e. The highest BCUT2D eigenvalue weighted by Gasteiger charge is 2.42. The SMILES string of the molecule is C[Si](C)(C)O[N+](=O)[Si](C)(C)C. The Morgan fingerprint density at radius 1 is 1.00 bits per heavy atom. The van der Waals surface area contributed by atoms with Crippen LogP contribution in [-0.2, 0) is 4.53 Å². The molecule has 0 spiro atoms. The maximum atomic E-state index is 11.3. The molecule has 0 aliphatic carbocycles. The first-order valence-electron chi connectivity index (χ1n) is 3.79. The summed E-state index contributed by atoms with van der Waals surface area (Å²) in [4.78, 5) is 11.3. The molecule has 0 atom stereocenters. The van der Waals surface area contributed by atoms with Crippen LogP contribution in [0.25, 0.3) is 0 Å². The summed E-state index contributed by atoms with van der Waals surface area (Å²) in [6.07, 6.45) is 0. The largest absolute Gasteiger partial charge is 0.474 e. The first-order chi connectivity index (χ1) is 4.63. The van der Waals surface area contributed by atoms with Crippen molar-refractivity contribution in [2.24, 2.45) is 0 Å². The van der Waals surface area contributed by atoms with E-state index in [1.54, 1.807) is 0 Å². The van der Waals surface area contributed by atoms with Gasteiger partial charge in [0.25, 0.3) is 0 Å². The molecule has 0 bridgehead atoms.